The van der Waals surface area contributed by atoms with Crippen LogP contribution in [0.5, 0.6) is 0 Å². The fourth-order valence-corrected chi connectivity index (χ4v) is 1.06. The molecule has 0 aliphatic rings. The average Bonchev–Trinajstić information content (AvgIpc) is 2.20. The van der Waals surface area contributed by atoms with E-state index >= 15 is 0 Å². The molecule has 1 aromatic carbocycles. The van der Waals surface area contributed by atoms with E-state index in [1.807, 2.05) is 32.0 Å². The van der Waals surface area contributed by atoms with Crippen molar-refractivity contribution >= 4 is 5.97 Å². The predicted octanol–water partition coefficient (Wildman–Crippen LogP) is 1.83. The van der Waals surface area contributed by atoms with E-state index in [4.69, 9.17) is 0 Å². The summed E-state index contributed by atoms with van der Waals surface area (Å²) >= 11 is 0. The molecule has 0 aliphatic carbocycles. The van der Waals surface area contributed by atoms with Crippen molar-refractivity contribution in [2.24, 2.45) is 0 Å². The molecular formula is C12H12O2. The van der Waals surface area contributed by atoms with Crippen LogP contribution in [0.15, 0.2) is 18.2 Å². The Morgan fingerprint density at radius 3 is 2.71 bits per heavy atom. The minimum atomic E-state index is -0.508. The highest BCUT2D eigenvalue weighted by atomic mass is 16.5. The van der Waals surface area contributed by atoms with Gasteiger partial charge in [-0.05, 0) is 31.0 Å². The molecule has 0 saturated carbocycles. The van der Waals surface area contributed by atoms with Crippen molar-refractivity contribution < 1.29 is 9.53 Å². The summed E-state index contributed by atoms with van der Waals surface area (Å²) in [6, 6.07) is 5.82. The third-order valence-electron chi connectivity index (χ3n) is 2.09. The quantitative estimate of drug-likeness (QED) is 0.458. The molecule has 0 fully saturated rings. The van der Waals surface area contributed by atoms with E-state index < -0.39 is 5.97 Å². The van der Waals surface area contributed by atoms with E-state index in [9.17, 15) is 4.79 Å². The lowest BCUT2D eigenvalue weighted by Gasteiger charge is -2.00. The predicted molar refractivity (Wildman–Crippen MR) is 54.8 cm³/mol. The maximum atomic E-state index is 10.8. The fraction of sp³-hybridized carbons (Fsp3) is 0.250. The van der Waals surface area contributed by atoms with Gasteiger partial charge in [-0.2, -0.15) is 0 Å². The Morgan fingerprint density at radius 1 is 1.36 bits per heavy atom. The second-order valence-corrected chi connectivity index (χ2v) is 2.99. The number of hydrogen-bond acceptors (Lipinski definition) is 2. The molecule has 0 aromatic heterocycles. The van der Waals surface area contributed by atoms with Gasteiger partial charge in [0.2, 0.25) is 0 Å². The van der Waals surface area contributed by atoms with Gasteiger partial charge in [-0.15, -0.1) is 0 Å². The lowest BCUT2D eigenvalue weighted by Crippen LogP contribution is -1.95. The second kappa shape index (κ2) is 4.48. The van der Waals surface area contributed by atoms with E-state index in [0.29, 0.717) is 0 Å². The van der Waals surface area contributed by atoms with Crippen LogP contribution in [0.25, 0.3) is 0 Å². The van der Waals surface area contributed by atoms with Crippen molar-refractivity contribution in [2.75, 3.05) is 7.11 Å². The Morgan fingerprint density at radius 2 is 2.07 bits per heavy atom. The van der Waals surface area contributed by atoms with Crippen LogP contribution < -0.4 is 0 Å². The number of carbonyl (C=O) groups excluding carboxylic acids is 1. The molecule has 0 atom stereocenters. The third-order valence-corrected chi connectivity index (χ3v) is 2.09. The summed E-state index contributed by atoms with van der Waals surface area (Å²) in [7, 11) is 1.32. The number of esters is 1. The maximum Gasteiger partial charge on any atom is 0.384 e. The number of ether oxygens (including phenoxy) is 1. The van der Waals surface area contributed by atoms with Gasteiger partial charge in [0, 0.05) is 11.5 Å². The van der Waals surface area contributed by atoms with Gasteiger partial charge in [0.1, 0.15) is 0 Å². The fourth-order valence-electron chi connectivity index (χ4n) is 1.06. The molecule has 0 N–H and O–H groups in total. The molecule has 0 bridgehead atoms. The first-order valence-electron chi connectivity index (χ1n) is 4.31. The van der Waals surface area contributed by atoms with Crippen LogP contribution in [0.2, 0.25) is 0 Å². The molecule has 0 heterocycles. The SMILES string of the molecule is COC(=O)C#Cc1cccc(C)c1C. The molecule has 0 aliphatic heterocycles. The van der Waals surface area contributed by atoms with Crippen LogP contribution >= 0.6 is 0 Å². The van der Waals surface area contributed by atoms with Crippen molar-refractivity contribution in [3.05, 3.63) is 34.9 Å². The van der Waals surface area contributed by atoms with Crippen LogP contribution in [0.3, 0.4) is 0 Å². The average molecular weight is 188 g/mol. The summed E-state index contributed by atoms with van der Waals surface area (Å²) in [6.07, 6.45) is 0. The standard InChI is InChI=1S/C12H12O2/c1-9-5-4-6-11(10(9)2)7-8-12(13)14-3/h4-6H,1-3H3. The number of aryl methyl sites for hydroxylation is 1. The van der Waals surface area contributed by atoms with Crippen molar-refractivity contribution in [1.82, 2.24) is 0 Å². The van der Waals surface area contributed by atoms with Crippen LogP contribution in [-0.4, -0.2) is 13.1 Å². The molecule has 0 saturated heterocycles. The van der Waals surface area contributed by atoms with Gasteiger partial charge >= 0.3 is 5.97 Å². The lowest BCUT2D eigenvalue weighted by atomic mass is 10.0. The zero-order valence-electron chi connectivity index (χ0n) is 8.55. The van der Waals surface area contributed by atoms with Crippen LogP contribution in [-0.2, 0) is 9.53 Å². The minimum absolute atomic E-state index is 0.508. The van der Waals surface area contributed by atoms with Crippen LogP contribution in [0.1, 0.15) is 16.7 Å². The summed E-state index contributed by atoms with van der Waals surface area (Å²) in [5.41, 5.74) is 3.14. The van der Waals surface area contributed by atoms with Gasteiger partial charge in [-0.25, -0.2) is 4.79 Å². The molecule has 14 heavy (non-hydrogen) atoms. The summed E-state index contributed by atoms with van der Waals surface area (Å²) in [6.45, 7) is 4.00. The van der Waals surface area contributed by atoms with Gasteiger partial charge in [-0.1, -0.05) is 18.1 Å². The van der Waals surface area contributed by atoms with Crippen LogP contribution in [0, 0.1) is 25.7 Å². The van der Waals surface area contributed by atoms with E-state index in [-0.39, 0.29) is 0 Å². The lowest BCUT2D eigenvalue weighted by molar-refractivity contribution is -0.133. The molecule has 1 aromatic rings. The molecule has 2 heteroatoms. The zero-order chi connectivity index (χ0) is 10.6. The van der Waals surface area contributed by atoms with E-state index in [1.165, 1.54) is 12.7 Å². The van der Waals surface area contributed by atoms with Gasteiger partial charge in [0.25, 0.3) is 0 Å². The van der Waals surface area contributed by atoms with Crippen molar-refractivity contribution in [1.29, 1.82) is 0 Å². The molecule has 2 nitrogen and oxygen atoms in total. The second-order valence-electron chi connectivity index (χ2n) is 2.99. The number of methoxy groups -OCH3 is 1. The third kappa shape index (κ3) is 2.37. The molecule has 0 spiro atoms. The van der Waals surface area contributed by atoms with Crippen LogP contribution in [0.4, 0.5) is 0 Å². The minimum Gasteiger partial charge on any atom is -0.459 e. The molecule has 72 valence electrons. The first-order valence-corrected chi connectivity index (χ1v) is 4.31. The summed E-state index contributed by atoms with van der Waals surface area (Å²) in [5.74, 6) is 4.68. The Balaban J connectivity index is 3.01. The maximum absolute atomic E-state index is 10.8. The molecular weight excluding hydrogens is 176 g/mol. The Labute approximate surface area is 83.9 Å². The molecule has 0 radical (unpaired) electrons. The van der Waals surface area contributed by atoms with Gasteiger partial charge < -0.3 is 4.74 Å². The van der Waals surface area contributed by atoms with Gasteiger partial charge in [0.05, 0.1) is 7.11 Å². The number of hydrogen-bond donors (Lipinski definition) is 0. The molecule has 1 rings (SSSR count). The van der Waals surface area contributed by atoms with E-state index in [2.05, 4.69) is 16.6 Å². The number of carbonyl (C=O) groups is 1. The van der Waals surface area contributed by atoms with Crippen molar-refractivity contribution in [2.45, 2.75) is 13.8 Å². The molecule has 0 amide bonds. The zero-order valence-corrected chi connectivity index (χ0v) is 8.55. The largest absolute Gasteiger partial charge is 0.459 e. The van der Waals surface area contributed by atoms with E-state index in [1.54, 1.807) is 0 Å². The van der Waals surface area contributed by atoms with Gasteiger partial charge in [-0.3, -0.25) is 0 Å². The first-order chi connectivity index (χ1) is 6.65. The van der Waals surface area contributed by atoms with Gasteiger partial charge in [0.15, 0.2) is 0 Å². The number of benzene rings is 1. The highest BCUT2D eigenvalue weighted by molar-refractivity contribution is 5.89. The van der Waals surface area contributed by atoms with Crippen molar-refractivity contribution in [3.63, 3.8) is 0 Å². The number of rotatable bonds is 0. The Hall–Kier alpha value is -1.75. The summed E-state index contributed by atoms with van der Waals surface area (Å²) < 4.78 is 4.43. The topological polar surface area (TPSA) is 26.3 Å². The highest BCUT2D eigenvalue weighted by Gasteiger charge is 1.97. The summed E-state index contributed by atoms with van der Waals surface area (Å²) in [5, 5.41) is 0. The monoisotopic (exact) mass is 188 g/mol. The van der Waals surface area contributed by atoms with E-state index in [0.717, 1.165) is 11.1 Å². The molecule has 0 unspecified atom stereocenters. The van der Waals surface area contributed by atoms with Crippen molar-refractivity contribution in [3.8, 4) is 11.8 Å². The Kier molecular flexibility index (Phi) is 3.30. The smallest absolute Gasteiger partial charge is 0.384 e. The summed E-state index contributed by atoms with van der Waals surface area (Å²) in [4.78, 5) is 10.8. The normalized spacial score (nSPS) is 8.79. The Bertz CT molecular complexity index is 408. The highest BCUT2D eigenvalue weighted by Crippen LogP contribution is 2.10. The first kappa shape index (κ1) is 10.3.